The highest BCUT2D eigenvalue weighted by molar-refractivity contribution is 9.10. The van der Waals surface area contributed by atoms with Crippen LogP contribution in [0.1, 0.15) is 22.3 Å². The summed E-state index contributed by atoms with van der Waals surface area (Å²) in [5, 5.41) is 7.19. The molecule has 0 aliphatic heterocycles. The van der Waals surface area contributed by atoms with Crippen LogP contribution in [0.15, 0.2) is 135 Å². The quantitative estimate of drug-likeness (QED) is 0.0982. The monoisotopic (exact) mass is 1110 g/mol. The van der Waals surface area contributed by atoms with E-state index in [2.05, 4.69) is 15.9 Å². The van der Waals surface area contributed by atoms with E-state index >= 15 is 17.6 Å². The van der Waals surface area contributed by atoms with Gasteiger partial charge in [0.05, 0.1) is 15.6 Å². The highest BCUT2D eigenvalue weighted by Crippen LogP contribution is 2.42. The molecule has 18 heteroatoms. The maximum absolute atomic E-state index is 15.1. The van der Waals surface area contributed by atoms with Crippen LogP contribution in [0.5, 0.6) is 0 Å². The van der Waals surface area contributed by atoms with Gasteiger partial charge < -0.3 is 0 Å². The number of rotatable bonds is 2. The maximum atomic E-state index is 15.1. The highest BCUT2D eigenvalue weighted by atomic mass is 79.9. The molecule has 13 rings (SSSR count). The molecule has 0 atom stereocenters. The molecular formula is C58H20BrF15O2. The molecule has 2 aliphatic rings. The maximum Gasteiger partial charge on any atom is 0.200 e. The fraction of sp³-hybridized carbons (Fsp3) is 0. The lowest BCUT2D eigenvalue weighted by Crippen LogP contribution is -2.15. The van der Waals surface area contributed by atoms with Gasteiger partial charge in [0, 0.05) is 32.7 Å². The zero-order chi connectivity index (χ0) is 54.1. The molecule has 0 radical (unpaired) electrons. The van der Waals surface area contributed by atoms with Gasteiger partial charge in [-0.3, -0.25) is 9.59 Å². The van der Waals surface area contributed by atoms with Crippen molar-refractivity contribution in [3.05, 3.63) is 277 Å². The van der Waals surface area contributed by atoms with E-state index in [-0.39, 0.29) is 43.2 Å². The molecule has 0 bridgehead atoms. The number of fused-ring (bicyclic) bond motifs is 11. The molecule has 2 aliphatic carbocycles. The minimum absolute atomic E-state index is 0.0113. The van der Waals surface area contributed by atoms with Crippen LogP contribution in [0.3, 0.4) is 0 Å². The number of hydrogen-bond acceptors (Lipinski definition) is 2. The molecule has 0 amide bonds. The second-order valence-electron chi connectivity index (χ2n) is 17.3. The first-order valence-electron chi connectivity index (χ1n) is 22.1. The van der Waals surface area contributed by atoms with Gasteiger partial charge in [-0.15, -0.1) is 0 Å². The number of halogens is 16. The SMILES string of the molecule is Fc1c(F)c(F)c(Br)c(F)c1F.Fc1c(F)c(F)c(C2=c3cc4c(cc3-c3ccccc32)=c2ccccc2=C4c2c(F)c(F)c(F)c(F)c2F)c(F)c1F.O=c1c2ccccc2c2cc3c(cc12)c(=O)c1ccccc13. The van der Waals surface area contributed by atoms with Crippen LogP contribution in [0.2, 0.25) is 0 Å². The van der Waals surface area contributed by atoms with Crippen molar-refractivity contribution in [2.75, 3.05) is 0 Å². The summed E-state index contributed by atoms with van der Waals surface area (Å²) in [5.41, 5.74) is -2.57. The Labute approximate surface area is 422 Å². The fourth-order valence-corrected chi connectivity index (χ4v) is 10.3. The molecule has 0 aromatic heterocycles. The smallest absolute Gasteiger partial charge is 0.200 e. The van der Waals surface area contributed by atoms with Gasteiger partial charge in [0.15, 0.2) is 80.7 Å². The van der Waals surface area contributed by atoms with Crippen molar-refractivity contribution in [2.45, 2.75) is 0 Å². The van der Waals surface area contributed by atoms with Gasteiger partial charge in [-0.2, -0.15) is 0 Å². The molecule has 0 unspecified atom stereocenters. The van der Waals surface area contributed by atoms with Crippen molar-refractivity contribution in [3.8, 4) is 11.1 Å². The van der Waals surface area contributed by atoms with Crippen molar-refractivity contribution in [2.24, 2.45) is 0 Å². The lowest BCUT2D eigenvalue weighted by molar-refractivity contribution is 0.374. The Morgan fingerprint density at radius 2 is 0.579 bits per heavy atom. The van der Waals surface area contributed by atoms with Crippen LogP contribution in [0.25, 0.3) is 65.4 Å². The summed E-state index contributed by atoms with van der Waals surface area (Å²) in [7, 11) is 0. The van der Waals surface area contributed by atoms with Crippen molar-refractivity contribution in [3.63, 3.8) is 0 Å². The van der Waals surface area contributed by atoms with Gasteiger partial charge in [-0.1, -0.05) is 97.1 Å². The standard InChI is InChI=1S/C32H10F10.C20H10O2.C6BrF5/c33-23-21(24(34)28(38)31(41)27(23)37)19-13-7-3-1-5-11(13)15-9-16-12-6-2-4-8-14(12)20(18(16)10-17(15)19)22-25(35)29(39)32(42)30(40)26(22)36;21-19-13-7-3-1-5-11(13)15-9-16-12-6-2-4-8-14(12)20(22)18(16)10-17(15)19;7-1-2(8)4(10)6(12)5(11)3(1)9/h1-10H;1-10H;. The van der Waals surface area contributed by atoms with Crippen LogP contribution in [0, 0.1) is 97.7 Å². The Balaban J connectivity index is 0.000000149. The Morgan fingerprint density at radius 3 is 1.04 bits per heavy atom. The molecule has 0 saturated carbocycles. The molecule has 0 fully saturated rings. The third-order valence-electron chi connectivity index (χ3n) is 13.3. The Kier molecular flexibility index (Phi) is 11.8. The van der Waals surface area contributed by atoms with E-state index < -0.39 is 114 Å². The summed E-state index contributed by atoms with van der Waals surface area (Å²) < 4.78 is 206. The zero-order valence-electron chi connectivity index (χ0n) is 37.4. The summed E-state index contributed by atoms with van der Waals surface area (Å²) in [6.45, 7) is 0. The third kappa shape index (κ3) is 7.13. The van der Waals surface area contributed by atoms with E-state index in [1.54, 1.807) is 30.3 Å². The topological polar surface area (TPSA) is 34.1 Å². The average Bonchev–Trinajstić information content (AvgIpc) is 4.12. The highest BCUT2D eigenvalue weighted by Gasteiger charge is 2.35. The largest absolute Gasteiger partial charge is 0.289 e. The number of hydrogen-bond donors (Lipinski definition) is 0. The molecule has 76 heavy (non-hydrogen) atoms. The van der Waals surface area contributed by atoms with Crippen LogP contribution in [0.4, 0.5) is 65.9 Å². The van der Waals surface area contributed by atoms with Crippen LogP contribution >= 0.6 is 15.9 Å². The van der Waals surface area contributed by atoms with Gasteiger partial charge in [0.25, 0.3) is 0 Å². The van der Waals surface area contributed by atoms with Gasteiger partial charge in [-0.05, 0) is 105 Å². The second-order valence-corrected chi connectivity index (χ2v) is 18.0. The lowest BCUT2D eigenvalue weighted by atomic mass is 9.93. The van der Waals surface area contributed by atoms with Gasteiger partial charge >= 0.3 is 0 Å². The number of benzene rings is 9. The zero-order valence-corrected chi connectivity index (χ0v) is 39.0. The van der Waals surface area contributed by atoms with E-state index in [1.165, 1.54) is 36.4 Å². The summed E-state index contributed by atoms with van der Waals surface area (Å²) in [5.74, 6) is -31.6. The van der Waals surface area contributed by atoms with E-state index in [1.807, 2.05) is 54.6 Å². The normalized spacial score (nSPS) is 12.3. The minimum Gasteiger partial charge on any atom is -0.289 e. The van der Waals surface area contributed by atoms with E-state index in [0.717, 1.165) is 32.3 Å². The Morgan fingerprint density at radius 1 is 0.250 bits per heavy atom. The molecule has 0 heterocycles. The van der Waals surface area contributed by atoms with E-state index in [4.69, 9.17) is 0 Å². The van der Waals surface area contributed by atoms with Gasteiger partial charge in [0.1, 0.15) is 0 Å². The molecular weight excluding hydrogens is 1090 g/mol. The molecule has 11 aromatic carbocycles. The van der Waals surface area contributed by atoms with Crippen molar-refractivity contribution >= 4 is 70.2 Å². The predicted octanol–water partition coefficient (Wildman–Crippen LogP) is 14.2. The first kappa shape index (κ1) is 49.7. The molecule has 11 aromatic rings. The average molecular weight is 1110 g/mol. The Hall–Kier alpha value is -8.51. The third-order valence-corrected chi connectivity index (χ3v) is 14.0. The summed E-state index contributed by atoms with van der Waals surface area (Å²) in [4.78, 5) is 25.1. The van der Waals surface area contributed by atoms with Gasteiger partial charge in [-0.25, -0.2) is 65.9 Å². The van der Waals surface area contributed by atoms with Crippen LogP contribution in [-0.2, 0) is 0 Å². The predicted molar refractivity (Wildman–Crippen MR) is 256 cm³/mol. The first-order valence-corrected chi connectivity index (χ1v) is 22.8. The fourth-order valence-electron chi connectivity index (χ4n) is 9.93. The van der Waals surface area contributed by atoms with Crippen LogP contribution in [-0.4, -0.2) is 0 Å². The lowest BCUT2D eigenvalue weighted by Gasteiger charge is -2.13. The van der Waals surface area contributed by atoms with Crippen molar-refractivity contribution < 1.29 is 65.9 Å². The molecule has 0 spiro atoms. The van der Waals surface area contributed by atoms with Gasteiger partial charge in [0.2, 0.25) is 17.5 Å². The van der Waals surface area contributed by atoms with E-state index in [9.17, 15) is 57.9 Å². The molecule has 376 valence electrons. The minimum atomic E-state index is -2.35. The van der Waals surface area contributed by atoms with E-state index in [0.29, 0.717) is 21.6 Å². The second kappa shape index (κ2) is 18.1. The molecule has 0 N–H and O–H groups in total. The van der Waals surface area contributed by atoms with Crippen LogP contribution < -0.4 is 21.3 Å². The van der Waals surface area contributed by atoms with Crippen molar-refractivity contribution in [1.29, 1.82) is 0 Å². The summed E-state index contributed by atoms with van der Waals surface area (Å²) in [6, 6.07) is 33.7. The molecule has 2 nitrogen and oxygen atoms in total. The first-order chi connectivity index (χ1) is 36.3. The Bertz CT molecular complexity index is 4520. The molecule has 0 saturated heterocycles. The summed E-state index contributed by atoms with van der Waals surface area (Å²) >= 11 is 2.22. The summed E-state index contributed by atoms with van der Waals surface area (Å²) in [6.07, 6.45) is 0. The van der Waals surface area contributed by atoms with Crippen molar-refractivity contribution in [1.82, 2.24) is 0 Å².